The smallest absolute Gasteiger partial charge is 0.255 e. The number of primary amides is 1. The first-order chi connectivity index (χ1) is 20.7. The van der Waals surface area contributed by atoms with E-state index in [0.717, 1.165) is 25.9 Å². The molecule has 1 fully saturated rings. The van der Waals surface area contributed by atoms with Gasteiger partial charge in [-0.25, -0.2) is 0 Å². The lowest BCUT2D eigenvalue weighted by Gasteiger charge is -2.50. The maximum absolute atomic E-state index is 14.2. The molecule has 1 aliphatic heterocycles. The minimum absolute atomic E-state index is 0.00712. The molecule has 1 saturated heterocycles. The van der Waals surface area contributed by atoms with Gasteiger partial charge in [-0.2, -0.15) is 0 Å². The van der Waals surface area contributed by atoms with Crippen molar-refractivity contribution >= 4 is 34.8 Å². The summed E-state index contributed by atoms with van der Waals surface area (Å²) in [5.41, 5.74) is 2.51. The summed E-state index contributed by atoms with van der Waals surface area (Å²) < 4.78 is 0. The Morgan fingerprint density at radius 2 is 1.84 bits per heavy atom. The van der Waals surface area contributed by atoms with E-state index in [-0.39, 0.29) is 41.6 Å². The van der Waals surface area contributed by atoms with Gasteiger partial charge in [-0.05, 0) is 76.8 Å². The number of rotatable bonds is 7. The average molecular weight is 612 g/mol. The van der Waals surface area contributed by atoms with E-state index in [9.17, 15) is 39.6 Å². The number of carbonyl (C=O) groups is 4. The van der Waals surface area contributed by atoms with Gasteiger partial charge in [0.1, 0.15) is 17.1 Å². The predicted octanol–water partition coefficient (Wildman–Crippen LogP) is 1.000. The maximum Gasteiger partial charge on any atom is 0.255 e. The number of ketones is 2. The number of amides is 2. The lowest BCUT2D eigenvalue weighted by Crippen LogP contribution is -2.63. The van der Waals surface area contributed by atoms with Crippen LogP contribution in [0.1, 0.15) is 48.5 Å². The molecule has 5 rings (SSSR count). The number of nitrogens with zero attached hydrogens (tertiary/aromatic N) is 3. The number of nitrogens with one attached hydrogen (secondary N) is 1. The van der Waals surface area contributed by atoms with Gasteiger partial charge >= 0.3 is 0 Å². The number of aliphatic hydroxyl groups is 3. The number of phenolic OH excluding ortho intramolecular Hbond substituents is 1. The van der Waals surface area contributed by atoms with E-state index >= 15 is 0 Å². The predicted molar refractivity (Wildman–Crippen MR) is 162 cm³/mol. The summed E-state index contributed by atoms with van der Waals surface area (Å²) in [4.78, 5) is 58.6. The van der Waals surface area contributed by atoms with E-state index in [1.54, 1.807) is 39.2 Å². The van der Waals surface area contributed by atoms with Crippen LogP contribution in [0.5, 0.6) is 5.75 Å². The summed E-state index contributed by atoms with van der Waals surface area (Å²) in [6, 6.07) is 0.171. The van der Waals surface area contributed by atoms with E-state index in [1.165, 1.54) is 4.90 Å². The van der Waals surface area contributed by atoms with Crippen molar-refractivity contribution in [2.45, 2.75) is 56.7 Å². The largest absolute Gasteiger partial charge is 0.510 e. The molecule has 1 aromatic rings. The Bertz CT molecular complexity index is 1510. The molecule has 0 saturated carbocycles. The third-order valence-corrected chi connectivity index (χ3v) is 9.62. The Balaban J connectivity index is 1.63. The van der Waals surface area contributed by atoms with Crippen LogP contribution in [0.15, 0.2) is 28.7 Å². The highest BCUT2D eigenvalue weighted by atomic mass is 16.3. The number of Topliss-reactive ketones (excluding diaryl/α,β-unsaturated/α-hetero) is 2. The number of carbonyl (C=O) groups excluding carboxylic acids is 4. The molecular formula is C31H41N5O8. The number of nitrogens with two attached hydrogens (primary N) is 1. The lowest BCUT2D eigenvalue weighted by molar-refractivity contribution is -0.148. The molecule has 2 amide bonds. The van der Waals surface area contributed by atoms with Crippen LogP contribution in [-0.2, 0) is 20.8 Å². The molecule has 0 spiro atoms. The first-order valence-electron chi connectivity index (χ1n) is 14.9. The van der Waals surface area contributed by atoms with E-state index in [4.69, 9.17) is 5.73 Å². The Labute approximate surface area is 255 Å². The monoisotopic (exact) mass is 611 g/mol. The van der Waals surface area contributed by atoms with Gasteiger partial charge in [-0.15, -0.1) is 0 Å². The van der Waals surface area contributed by atoms with Crippen molar-refractivity contribution in [3.63, 3.8) is 0 Å². The first kappa shape index (κ1) is 31.5. The second-order valence-corrected chi connectivity index (χ2v) is 12.7. The molecule has 13 nitrogen and oxygen atoms in total. The van der Waals surface area contributed by atoms with E-state index < -0.39 is 63.8 Å². The molecule has 1 aromatic carbocycles. The minimum Gasteiger partial charge on any atom is -0.510 e. The van der Waals surface area contributed by atoms with Crippen LogP contribution < -0.4 is 16.0 Å². The molecule has 1 heterocycles. The van der Waals surface area contributed by atoms with Crippen LogP contribution in [0.2, 0.25) is 0 Å². The van der Waals surface area contributed by atoms with Gasteiger partial charge in [0.15, 0.2) is 17.1 Å². The summed E-state index contributed by atoms with van der Waals surface area (Å²) >= 11 is 0. The third-order valence-electron chi connectivity index (χ3n) is 9.62. The third kappa shape index (κ3) is 4.56. The normalized spacial score (nSPS) is 28.6. The van der Waals surface area contributed by atoms with Gasteiger partial charge in [0.05, 0.1) is 23.3 Å². The Morgan fingerprint density at radius 1 is 1.16 bits per heavy atom. The lowest BCUT2D eigenvalue weighted by atomic mass is 9.58. The van der Waals surface area contributed by atoms with Crippen molar-refractivity contribution in [1.82, 2.24) is 9.80 Å². The zero-order chi connectivity index (χ0) is 32.4. The van der Waals surface area contributed by atoms with Gasteiger partial charge in [0.2, 0.25) is 11.7 Å². The molecule has 4 aliphatic rings. The molecule has 0 radical (unpaired) electrons. The summed E-state index contributed by atoms with van der Waals surface area (Å²) in [5, 5.41) is 48.6. The van der Waals surface area contributed by atoms with E-state index in [2.05, 4.69) is 10.2 Å². The highest BCUT2D eigenvalue weighted by molar-refractivity contribution is 6.25. The number of allylic oxidation sites excluding steroid dienone is 1. The van der Waals surface area contributed by atoms with Gasteiger partial charge in [-0.1, -0.05) is 6.92 Å². The highest BCUT2D eigenvalue weighted by Gasteiger charge is 2.63. The number of anilines is 2. The zero-order valence-electron chi connectivity index (χ0n) is 25.7. The summed E-state index contributed by atoms with van der Waals surface area (Å²) in [7, 11) is 6.69. The fourth-order valence-corrected chi connectivity index (χ4v) is 7.69. The van der Waals surface area contributed by atoms with E-state index in [0.29, 0.717) is 17.7 Å². The Morgan fingerprint density at radius 3 is 2.43 bits per heavy atom. The fraction of sp³-hybridized carbons (Fsp3) is 0.548. The number of aliphatic hydroxyl groups excluding tert-OH is 2. The van der Waals surface area contributed by atoms with Gasteiger partial charge in [0.25, 0.3) is 5.91 Å². The van der Waals surface area contributed by atoms with Gasteiger partial charge in [-0.3, -0.25) is 29.0 Å². The molecule has 44 heavy (non-hydrogen) atoms. The SMILES string of the molecule is CCCN1CCCC1C(=O)Nc1cc(N(C)C)c2c(c1O)C(=O)C1=C(O)[C@]3(O)C(=O)C(C(N)=O)=C(O)[C@@H](N(C)C)[C@@H]3C[C@@H]1C2. The topological polar surface area (TPSA) is 197 Å². The van der Waals surface area contributed by atoms with Crippen molar-refractivity contribution < 1.29 is 39.6 Å². The number of hydrogen-bond donors (Lipinski definition) is 6. The van der Waals surface area contributed by atoms with Crippen LogP contribution in [0, 0.1) is 11.8 Å². The average Bonchev–Trinajstić information content (AvgIpc) is 3.40. The molecule has 13 heteroatoms. The molecular weight excluding hydrogens is 570 g/mol. The van der Waals surface area contributed by atoms with Crippen LogP contribution >= 0.6 is 0 Å². The van der Waals surface area contributed by atoms with Crippen molar-refractivity contribution in [2.75, 3.05) is 51.5 Å². The first-order valence-corrected chi connectivity index (χ1v) is 14.9. The number of likely N-dealkylation sites (tertiary alicyclic amines) is 1. The van der Waals surface area contributed by atoms with Crippen molar-refractivity contribution in [3.05, 3.63) is 39.9 Å². The zero-order valence-corrected chi connectivity index (χ0v) is 25.7. The number of phenols is 1. The molecule has 0 aromatic heterocycles. The van der Waals surface area contributed by atoms with Crippen LogP contribution in [0.3, 0.4) is 0 Å². The van der Waals surface area contributed by atoms with Gasteiger partial charge in [0, 0.05) is 31.3 Å². The fourth-order valence-electron chi connectivity index (χ4n) is 7.69. The Kier molecular flexibility index (Phi) is 8.02. The molecule has 238 valence electrons. The second-order valence-electron chi connectivity index (χ2n) is 12.7. The number of hydrogen-bond acceptors (Lipinski definition) is 11. The second kappa shape index (κ2) is 11.2. The summed E-state index contributed by atoms with van der Waals surface area (Å²) in [6.45, 7) is 3.58. The van der Waals surface area contributed by atoms with Crippen LogP contribution in [0.4, 0.5) is 11.4 Å². The Hall–Kier alpha value is -3.94. The van der Waals surface area contributed by atoms with Crippen molar-refractivity contribution in [3.8, 4) is 5.75 Å². The van der Waals surface area contributed by atoms with Crippen molar-refractivity contribution in [2.24, 2.45) is 17.6 Å². The van der Waals surface area contributed by atoms with Gasteiger partial charge < -0.3 is 36.4 Å². The highest BCUT2D eigenvalue weighted by Crippen LogP contribution is 2.54. The standard InChI is InChI=1S/C31H41N5O8/c1-6-9-36-10-7-8-18(36)30(43)33-17-13-19(34(2)3)15-11-14-12-16-23(35(4)5)26(39)22(29(32)42)28(41)31(16,44)27(40)20(14)25(38)21(15)24(17)37/h13-14,16,18,23,37,39-40,44H,6-12H2,1-5H3,(H2,32,42)(H,33,43)/t14-,16-,18?,23-,31-/m0/s1. The number of likely N-dealkylation sites (N-methyl/N-ethyl adjacent to an activating group) is 1. The quantitative estimate of drug-likeness (QED) is 0.190. The number of benzene rings is 1. The number of aromatic hydroxyl groups is 1. The summed E-state index contributed by atoms with van der Waals surface area (Å²) in [6.07, 6.45) is 2.56. The molecule has 1 unspecified atom stereocenters. The van der Waals surface area contributed by atoms with Crippen molar-refractivity contribution in [1.29, 1.82) is 0 Å². The summed E-state index contributed by atoms with van der Waals surface area (Å²) in [5.74, 6) is -7.51. The minimum atomic E-state index is -2.72. The molecule has 3 aliphatic carbocycles. The van der Waals surface area contributed by atoms with Crippen LogP contribution in [-0.4, -0.2) is 113 Å². The van der Waals surface area contributed by atoms with Crippen LogP contribution in [0.25, 0.3) is 0 Å². The number of fused-ring (bicyclic) bond motifs is 3. The molecule has 0 bridgehead atoms. The van der Waals surface area contributed by atoms with E-state index in [1.807, 2.05) is 6.92 Å². The molecule has 5 atom stereocenters. The maximum atomic E-state index is 14.2. The molecule has 7 N–H and O–H groups in total.